The zero-order valence-corrected chi connectivity index (χ0v) is 5.27. The molecule has 0 unspecified atom stereocenters. The standard InChI is InChI=1S/C7H10O/c1-4-7(2,3)5-6-8/h1,6H,5H2,2-3H3. The summed E-state index contributed by atoms with van der Waals surface area (Å²) in [5.41, 5.74) is -0.248. The van der Waals surface area contributed by atoms with Crippen LogP contribution in [0.3, 0.4) is 0 Å². The molecule has 0 spiro atoms. The number of terminal acetylenes is 1. The third-order valence-corrected chi connectivity index (χ3v) is 0.984. The first-order chi connectivity index (χ1) is 3.62. The molecule has 0 aromatic rings. The molecule has 1 heteroatoms. The molecule has 0 atom stereocenters. The van der Waals surface area contributed by atoms with Crippen molar-refractivity contribution in [2.24, 2.45) is 5.41 Å². The van der Waals surface area contributed by atoms with E-state index in [4.69, 9.17) is 6.42 Å². The van der Waals surface area contributed by atoms with Gasteiger partial charge in [-0.15, -0.1) is 12.3 Å². The van der Waals surface area contributed by atoms with Crippen LogP contribution in [-0.4, -0.2) is 6.29 Å². The van der Waals surface area contributed by atoms with Crippen LogP contribution in [0.2, 0.25) is 0 Å². The van der Waals surface area contributed by atoms with Crippen molar-refractivity contribution in [2.75, 3.05) is 0 Å². The minimum absolute atomic E-state index is 0.248. The Morgan fingerprint density at radius 1 is 1.75 bits per heavy atom. The van der Waals surface area contributed by atoms with Gasteiger partial charge in [0.05, 0.1) is 0 Å². The molecule has 0 aliphatic carbocycles. The van der Waals surface area contributed by atoms with Gasteiger partial charge in [-0.1, -0.05) is 0 Å². The third kappa shape index (κ3) is 2.41. The van der Waals surface area contributed by atoms with Crippen molar-refractivity contribution in [3.8, 4) is 12.3 Å². The maximum absolute atomic E-state index is 9.88. The third-order valence-electron chi connectivity index (χ3n) is 0.984. The molecule has 0 heterocycles. The van der Waals surface area contributed by atoms with E-state index in [1.807, 2.05) is 13.8 Å². The first-order valence-electron chi connectivity index (χ1n) is 2.54. The van der Waals surface area contributed by atoms with Gasteiger partial charge in [-0.3, -0.25) is 0 Å². The highest BCUT2D eigenvalue weighted by Gasteiger charge is 2.11. The van der Waals surface area contributed by atoms with Crippen LogP contribution in [0.25, 0.3) is 0 Å². The Morgan fingerprint density at radius 2 is 2.25 bits per heavy atom. The van der Waals surface area contributed by atoms with Crippen molar-refractivity contribution >= 4 is 6.29 Å². The van der Waals surface area contributed by atoms with Crippen molar-refractivity contribution in [3.63, 3.8) is 0 Å². The molecule has 0 aliphatic heterocycles. The van der Waals surface area contributed by atoms with E-state index in [0.29, 0.717) is 6.42 Å². The van der Waals surface area contributed by atoms with Gasteiger partial charge in [-0.05, 0) is 13.8 Å². The van der Waals surface area contributed by atoms with E-state index in [2.05, 4.69) is 5.92 Å². The van der Waals surface area contributed by atoms with Crippen LogP contribution in [0.5, 0.6) is 0 Å². The van der Waals surface area contributed by atoms with Gasteiger partial charge < -0.3 is 4.79 Å². The van der Waals surface area contributed by atoms with Crippen molar-refractivity contribution in [2.45, 2.75) is 20.3 Å². The normalized spacial score (nSPS) is 10.1. The summed E-state index contributed by atoms with van der Waals surface area (Å²) >= 11 is 0. The summed E-state index contributed by atoms with van der Waals surface area (Å²) < 4.78 is 0. The van der Waals surface area contributed by atoms with Gasteiger partial charge >= 0.3 is 0 Å². The highest BCUT2D eigenvalue weighted by atomic mass is 16.1. The average molecular weight is 110 g/mol. The van der Waals surface area contributed by atoms with Gasteiger partial charge in [0.25, 0.3) is 0 Å². The zero-order chi connectivity index (χ0) is 6.62. The summed E-state index contributed by atoms with van der Waals surface area (Å²) in [5, 5.41) is 0. The molecule has 0 aromatic heterocycles. The highest BCUT2D eigenvalue weighted by Crippen LogP contribution is 2.15. The number of carbonyl (C=O) groups excluding carboxylic acids is 1. The molecule has 0 fully saturated rings. The topological polar surface area (TPSA) is 17.1 Å². The average Bonchev–Trinajstić information content (AvgIpc) is 1.67. The predicted octanol–water partition coefficient (Wildman–Crippen LogP) is 1.23. The quantitative estimate of drug-likeness (QED) is 0.386. The van der Waals surface area contributed by atoms with E-state index < -0.39 is 0 Å². The Hall–Kier alpha value is -0.770. The molecular weight excluding hydrogens is 100 g/mol. The molecule has 0 bridgehead atoms. The Bertz CT molecular complexity index is 117. The van der Waals surface area contributed by atoms with Gasteiger partial charge in [0.15, 0.2) is 0 Å². The number of rotatable bonds is 2. The minimum Gasteiger partial charge on any atom is -0.303 e. The summed E-state index contributed by atoms with van der Waals surface area (Å²) in [6, 6.07) is 0. The lowest BCUT2D eigenvalue weighted by Gasteiger charge is -2.10. The van der Waals surface area contributed by atoms with Crippen LogP contribution in [0.1, 0.15) is 20.3 Å². The van der Waals surface area contributed by atoms with Gasteiger partial charge in [0, 0.05) is 11.8 Å². The van der Waals surface area contributed by atoms with E-state index in [-0.39, 0.29) is 5.41 Å². The zero-order valence-electron chi connectivity index (χ0n) is 5.27. The summed E-state index contributed by atoms with van der Waals surface area (Å²) in [6.45, 7) is 3.72. The fourth-order valence-electron chi connectivity index (χ4n) is 0.267. The molecule has 1 nitrogen and oxygen atoms in total. The van der Waals surface area contributed by atoms with Gasteiger partial charge in [-0.25, -0.2) is 0 Å². The van der Waals surface area contributed by atoms with Crippen LogP contribution in [0.4, 0.5) is 0 Å². The van der Waals surface area contributed by atoms with Crippen LogP contribution in [0, 0.1) is 17.8 Å². The maximum atomic E-state index is 9.88. The fraction of sp³-hybridized carbons (Fsp3) is 0.571. The van der Waals surface area contributed by atoms with Crippen molar-refractivity contribution in [1.82, 2.24) is 0 Å². The highest BCUT2D eigenvalue weighted by molar-refractivity contribution is 5.51. The molecule has 8 heavy (non-hydrogen) atoms. The molecule has 0 N–H and O–H groups in total. The van der Waals surface area contributed by atoms with E-state index in [9.17, 15) is 4.79 Å². The van der Waals surface area contributed by atoms with Crippen molar-refractivity contribution in [3.05, 3.63) is 0 Å². The van der Waals surface area contributed by atoms with Gasteiger partial charge in [-0.2, -0.15) is 0 Å². The molecule has 0 rings (SSSR count). The number of aldehydes is 1. The summed E-state index contributed by atoms with van der Waals surface area (Å²) in [7, 11) is 0. The lowest BCUT2D eigenvalue weighted by molar-refractivity contribution is -0.108. The second-order valence-corrected chi connectivity index (χ2v) is 2.40. The van der Waals surface area contributed by atoms with Crippen LogP contribution in [-0.2, 0) is 4.79 Å². The smallest absolute Gasteiger partial charge is 0.121 e. The Balaban J connectivity index is 3.76. The Labute approximate surface area is 50.1 Å². The van der Waals surface area contributed by atoms with E-state index in [0.717, 1.165) is 6.29 Å². The largest absolute Gasteiger partial charge is 0.303 e. The van der Waals surface area contributed by atoms with Gasteiger partial charge in [0.2, 0.25) is 0 Å². The number of hydrogen-bond donors (Lipinski definition) is 0. The lowest BCUT2D eigenvalue weighted by atomic mass is 9.92. The van der Waals surface area contributed by atoms with Crippen LogP contribution < -0.4 is 0 Å². The Kier molecular flexibility index (Phi) is 2.27. The molecule has 0 aromatic carbocycles. The molecule has 0 amide bonds. The Morgan fingerprint density at radius 3 is 2.38 bits per heavy atom. The molecule has 44 valence electrons. The second-order valence-electron chi connectivity index (χ2n) is 2.40. The second kappa shape index (κ2) is 2.52. The van der Waals surface area contributed by atoms with Crippen LogP contribution >= 0.6 is 0 Å². The minimum atomic E-state index is -0.248. The lowest BCUT2D eigenvalue weighted by Crippen LogP contribution is -2.07. The molecule has 0 aliphatic rings. The van der Waals surface area contributed by atoms with E-state index in [1.54, 1.807) is 0 Å². The first-order valence-corrected chi connectivity index (χ1v) is 2.54. The van der Waals surface area contributed by atoms with Crippen LogP contribution in [0.15, 0.2) is 0 Å². The van der Waals surface area contributed by atoms with Crippen molar-refractivity contribution < 1.29 is 4.79 Å². The van der Waals surface area contributed by atoms with Gasteiger partial charge in [0.1, 0.15) is 6.29 Å². The number of hydrogen-bond acceptors (Lipinski definition) is 1. The van der Waals surface area contributed by atoms with Crippen molar-refractivity contribution in [1.29, 1.82) is 0 Å². The molecule has 0 saturated heterocycles. The SMILES string of the molecule is C#CC(C)(C)CC=O. The monoisotopic (exact) mass is 110 g/mol. The number of carbonyl (C=O) groups is 1. The predicted molar refractivity (Wildman–Crippen MR) is 33.3 cm³/mol. The fourth-order valence-corrected chi connectivity index (χ4v) is 0.267. The molecular formula is C7H10O. The maximum Gasteiger partial charge on any atom is 0.121 e. The molecule has 0 saturated carbocycles. The van der Waals surface area contributed by atoms with E-state index in [1.165, 1.54) is 0 Å². The van der Waals surface area contributed by atoms with E-state index >= 15 is 0 Å². The summed E-state index contributed by atoms with van der Waals surface area (Å²) in [6.07, 6.45) is 6.38. The summed E-state index contributed by atoms with van der Waals surface area (Å²) in [4.78, 5) is 9.88. The molecule has 0 radical (unpaired) electrons. The first kappa shape index (κ1) is 7.23. The summed E-state index contributed by atoms with van der Waals surface area (Å²) in [5.74, 6) is 2.51.